The number of aromatic nitrogens is 3. The van der Waals surface area contributed by atoms with Gasteiger partial charge in [0.05, 0.1) is 6.54 Å². The minimum Gasteiger partial charge on any atom is -0.314 e. The van der Waals surface area contributed by atoms with Crippen LogP contribution in [0.5, 0.6) is 0 Å². The third-order valence-electron chi connectivity index (χ3n) is 4.80. The monoisotopic (exact) mass is 277 g/mol. The van der Waals surface area contributed by atoms with Crippen molar-refractivity contribution >= 4 is 0 Å². The molecule has 5 heteroatoms. The summed E-state index contributed by atoms with van der Waals surface area (Å²) in [6.07, 6.45) is 8.23. The zero-order chi connectivity index (χ0) is 13.8. The first-order valence-corrected chi connectivity index (χ1v) is 8.19. The summed E-state index contributed by atoms with van der Waals surface area (Å²) in [5, 5.41) is 7.99. The molecule has 0 spiro atoms. The summed E-state index contributed by atoms with van der Waals surface area (Å²) < 4.78 is 2.06. The van der Waals surface area contributed by atoms with E-state index in [1.54, 1.807) is 6.33 Å². The van der Waals surface area contributed by atoms with Crippen LogP contribution < -0.4 is 5.32 Å². The molecule has 2 saturated heterocycles. The Labute approximate surface area is 121 Å². The van der Waals surface area contributed by atoms with Gasteiger partial charge in [0.15, 0.2) is 0 Å². The highest BCUT2D eigenvalue weighted by molar-refractivity contribution is 4.89. The smallest absolute Gasteiger partial charge is 0.141 e. The molecule has 0 radical (unpaired) electrons. The lowest BCUT2D eigenvalue weighted by molar-refractivity contribution is 0.152. The average Bonchev–Trinajstić information content (AvgIpc) is 3.13. The summed E-state index contributed by atoms with van der Waals surface area (Å²) in [6.45, 7) is 7.78. The molecular formula is C15H27N5. The van der Waals surface area contributed by atoms with E-state index in [0.717, 1.165) is 37.3 Å². The minimum atomic E-state index is 0.792. The summed E-state index contributed by atoms with van der Waals surface area (Å²) in [6, 6.07) is 0.792. The SMILES string of the molecule is CCCn1ncnc1CN1CCC(C2CCCN2)CC1. The molecule has 112 valence electrons. The Hall–Kier alpha value is -0.940. The highest BCUT2D eigenvalue weighted by atomic mass is 15.3. The van der Waals surface area contributed by atoms with Gasteiger partial charge in [0.1, 0.15) is 12.2 Å². The molecule has 1 aromatic heterocycles. The highest BCUT2D eigenvalue weighted by Gasteiger charge is 2.28. The fraction of sp³-hybridized carbons (Fsp3) is 0.867. The first-order chi connectivity index (χ1) is 9.86. The molecule has 1 atom stereocenters. The summed E-state index contributed by atoms with van der Waals surface area (Å²) in [5.74, 6) is 2.02. The van der Waals surface area contributed by atoms with Crippen LogP contribution in [0.15, 0.2) is 6.33 Å². The predicted molar refractivity (Wildman–Crippen MR) is 79.3 cm³/mol. The van der Waals surface area contributed by atoms with Crippen LogP contribution in [0.4, 0.5) is 0 Å². The van der Waals surface area contributed by atoms with Gasteiger partial charge in [0.2, 0.25) is 0 Å². The summed E-state index contributed by atoms with van der Waals surface area (Å²) in [4.78, 5) is 6.97. The first-order valence-electron chi connectivity index (χ1n) is 8.19. The molecule has 0 bridgehead atoms. The van der Waals surface area contributed by atoms with Crippen molar-refractivity contribution < 1.29 is 0 Å². The fourth-order valence-electron chi connectivity index (χ4n) is 3.64. The van der Waals surface area contributed by atoms with Gasteiger partial charge >= 0.3 is 0 Å². The van der Waals surface area contributed by atoms with Crippen molar-refractivity contribution in [2.45, 2.75) is 58.2 Å². The molecule has 0 saturated carbocycles. The zero-order valence-corrected chi connectivity index (χ0v) is 12.6. The van der Waals surface area contributed by atoms with E-state index in [9.17, 15) is 0 Å². The van der Waals surface area contributed by atoms with E-state index in [1.807, 2.05) is 0 Å². The lowest BCUT2D eigenvalue weighted by Gasteiger charge is -2.34. The van der Waals surface area contributed by atoms with E-state index in [4.69, 9.17) is 0 Å². The van der Waals surface area contributed by atoms with Gasteiger partial charge in [-0.1, -0.05) is 6.92 Å². The van der Waals surface area contributed by atoms with Gasteiger partial charge in [-0.05, 0) is 57.7 Å². The molecule has 2 aliphatic rings. The lowest BCUT2D eigenvalue weighted by atomic mass is 9.88. The number of hydrogen-bond donors (Lipinski definition) is 1. The van der Waals surface area contributed by atoms with E-state index in [-0.39, 0.29) is 0 Å². The van der Waals surface area contributed by atoms with Crippen molar-refractivity contribution in [2.75, 3.05) is 19.6 Å². The largest absolute Gasteiger partial charge is 0.314 e. The van der Waals surface area contributed by atoms with Crippen LogP contribution >= 0.6 is 0 Å². The van der Waals surface area contributed by atoms with Crippen molar-refractivity contribution in [2.24, 2.45) is 5.92 Å². The Balaban J connectivity index is 1.49. The van der Waals surface area contributed by atoms with Crippen LogP contribution in [-0.4, -0.2) is 45.3 Å². The van der Waals surface area contributed by atoms with Crippen LogP contribution in [0, 0.1) is 5.92 Å². The Morgan fingerprint density at radius 1 is 1.30 bits per heavy atom. The van der Waals surface area contributed by atoms with E-state index >= 15 is 0 Å². The maximum atomic E-state index is 4.42. The maximum absolute atomic E-state index is 4.42. The molecule has 2 fully saturated rings. The van der Waals surface area contributed by atoms with E-state index in [2.05, 4.69) is 31.9 Å². The topological polar surface area (TPSA) is 46.0 Å². The fourth-order valence-corrected chi connectivity index (χ4v) is 3.64. The molecule has 1 unspecified atom stereocenters. The second-order valence-corrected chi connectivity index (χ2v) is 6.22. The zero-order valence-electron chi connectivity index (χ0n) is 12.6. The highest BCUT2D eigenvalue weighted by Crippen LogP contribution is 2.26. The van der Waals surface area contributed by atoms with Gasteiger partial charge in [-0.15, -0.1) is 0 Å². The number of likely N-dealkylation sites (tertiary alicyclic amines) is 1. The van der Waals surface area contributed by atoms with E-state index < -0.39 is 0 Å². The lowest BCUT2D eigenvalue weighted by Crippen LogP contribution is -2.40. The number of piperidine rings is 1. The van der Waals surface area contributed by atoms with E-state index in [1.165, 1.54) is 45.3 Å². The Morgan fingerprint density at radius 2 is 2.15 bits per heavy atom. The van der Waals surface area contributed by atoms with Crippen LogP contribution in [0.2, 0.25) is 0 Å². The summed E-state index contributed by atoms with van der Waals surface area (Å²) in [5.41, 5.74) is 0. The molecule has 0 aromatic carbocycles. The summed E-state index contributed by atoms with van der Waals surface area (Å²) >= 11 is 0. The predicted octanol–water partition coefficient (Wildman–Crippen LogP) is 1.65. The standard InChI is InChI=1S/C15H27N5/c1-2-8-20-15(17-12-18-20)11-19-9-5-13(6-10-19)14-4-3-7-16-14/h12-14,16H,2-11H2,1H3. The molecule has 3 rings (SSSR count). The molecule has 3 heterocycles. The van der Waals surface area contributed by atoms with Gasteiger partial charge in [0, 0.05) is 12.6 Å². The third-order valence-corrected chi connectivity index (χ3v) is 4.80. The molecule has 5 nitrogen and oxygen atoms in total. The second kappa shape index (κ2) is 6.68. The van der Waals surface area contributed by atoms with Crippen molar-refractivity contribution in [1.29, 1.82) is 0 Å². The van der Waals surface area contributed by atoms with Crippen LogP contribution in [0.25, 0.3) is 0 Å². The molecule has 1 aromatic rings. The van der Waals surface area contributed by atoms with Gasteiger partial charge in [-0.25, -0.2) is 9.67 Å². The minimum absolute atomic E-state index is 0.792. The molecule has 0 aliphatic carbocycles. The van der Waals surface area contributed by atoms with Crippen LogP contribution in [0.1, 0.15) is 44.9 Å². The third kappa shape index (κ3) is 3.20. The van der Waals surface area contributed by atoms with Crippen molar-refractivity contribution in [3.8, 4) is 0 Å². The molecule has 1 N–H and O–H groups in total. The number of rotatable bonds is 5. The van der Waals surface area contributed by atoms with Gasteiger partial charge < -0.3 is 5.32 Å². The number of nitrogens with zero attached hydrogens (tertiary/aromatic N) is 4. The van der Waals surface area contributed by atoms with Crippen LogP contribution in [0.3, 0.4) is 0 Å². The number of nitrogens with one attached hydrogen (secondary N) is 1. The second-order valence-electron chi connectivity index (χ2n) is 6.22. The molecule has 20 heavy (non-hydrogen) atoms. The Morgan fingerprint density at radius 3 is 2.85 bits per heavy atom. The van der Waals surface area contributed by atoms with Crippen LogP contribution in [-0.2, 0) is 13.1 Å². The number of aryl methyl sites for hydroxylation is 1. The first kappa shape index (κ1) is 14.0. The number of hydrogen-bond acceptors (Lipinski definition) is 4. The Kier molecular flexibility index (Phi) is 4.68. The van der Waals surface area contributed by atoms with Crippen molar-refractivity contribution in [1.82, 2.24) is 25.0 Å². The van der Waals surface area contributed by atoms with Gasteiger partial charge in [-0.3, -0.25) is 4.90 Å². The Bertz CT molecular complexity index is 402. The molecular weight excluding hydrogens is 250 g/mol. The normalized spacial score (nSPS) is 25.4. The summed E-state index contributed by atoms with van der Waals surface area (Å²) in [7, 11) is 0. The molecule has 2 aliphatic heterocycles. The van der Waals surface area contributed by atoms with Crippen molar-refractivity contribution in [3.63, 3.8) is 0 Å². The van der Waals surface area contributed by atoms with E-state index in [0.29, 0.717) is 0 Å². The van der Waals surface area contributed by atoms with Crippen molar-refractivity contribution in [3.05, 3.63) is 12.2 Å². The maximum Gasteiger partial charge on any atom is 0.141 e. The quantitative estimate of drug-likeness (QED) is 0.889. The average molecular weight is 277 g/mol. The van der Waals surface area contributed by atoms with Gasteiger partial charge in [-0.2, -0.15) is 5.10 Å². The van der Waals surface area contributed by atoms with Gasteiger partial charge in [0.25, 0.3) is 0 Å². The molecule has 0 amide bonds.